The van der Waals surface area contributed by atoms with Crippen LogP contribution in [0, 0.1) is 5.82 Å². The maximum absolute atomic E-state index is 14.1. The summed E-state index contributed by atoms with van der Waals surface area (Å²) in [5, 5.41) is 6.47. The van der Waals surface area contributed by atoms with Crippen molar-refractivity contribution in [3.8, 4) is 11.5 Å². The Balaban J connectivity index is 1.57. The van der Waals surface area contributed by atoms with Gasteiger partial charge < -0.3 is 15.1 Å². The van der Waals surface area contributed by atoms with E-state index in [1.165, 1.54) is 6.07 Å². The Bertz CT molecular complexity index is 934. The number of guanidine groups is 1. The first kappa shape index (κ1) is 19.6. The molecule has 0 saturated carbocycles. The van der Waals surface area contributed by atoms with Gasteiger partial charge in [0.2, 0.25) is 5.89 Å². The molecule has 0 saturated heterocycles. The lowest BCUT2D eigenvalue weighted by Gasteiger charge is -2.27. The summed E-state index contributed by atoms with van der Waals surface area (Å²) in [5.41, 5.74) is 1.98. The maximum Gasteiger partial charge on any atom is 0.226 e. The summed E-state index contributed by atoms with van der Waals surface area (Å²) >= 11 is 0. The second-order valence-electron chi connectivity index (χ2n) is 7.15. The zero-order valence-corrected chi connectivity index (χ0v) is 16.4. The van der Waals surface area contributed by atoms with E-state index in [-0.39, 0.29) is 5.82 Å². The number of aliphatic imine (C=N–C) groups is 1. The molecule has 5 nitrogen and oxygen atoms in total. The summed E-state index contributed by atoms with van der Waals surface area (Å²) in [6.45, 7) is 4.99. The van der Waals surface area contributed by atoms with Gasteiger partial charge in [-0.15, -0.1) is 0 Å². The Morgan fingerprint density at radius 3 is 2.50 bits per heavy atom. The molecule has 0 bridgehead atoms. The van der Waals surface area contributed by atoms with Crippen LogP contribution in [0.15, 0.2) is 70.3 Å². The van der Waals surface area contributed by atoms with E-state index >= 15 is 0 Å². The molecule has 2 aromatic carbocycles. The molecule has 0 radical (unpaired) electrons. The highest BCUT2D eigenvalue weighted by molar-refractivity contribution is 5.79. The Hall–Kier alpha value is -3.15. The van der Waals surface area contributed by atoms with Gasteiger partial charge in [0.05, 0.1) is 12.2 Å². The van der Waals surface area contributed by atoms with Crippen molar-refractivity contribution < 1.29 is 8.81 Å². The largest absolute Gasteiger partial charge is 0.444 e. The van der Waals surface area contributed by atoms with Gasteiger partial charge in [-0.25, -0.2) is 9.37 Å². The number of nitrogens with one attached hydrogen (secondary N) is 2. The average Bonchev–Trinajstić information content (AvgIpc) is 3.18. The van der Waals surface area contributed by atoms with E-state index in [1.54, 1.807) is 19.4 Å². The quantitative estimate of drug-likeness (QED) is 0.499. The fourth-order valence-electron chi connectivity index (χ4n) is 2.91. The van der Waals surface area contributed by atoms with Gasteiger partial charge in [-0.05, 0) is 23.8 Å². The Labute approximate surface area is 164 Å². The summed E-state index contributed by atoms with van der Waals surface area (Å²) in [4.78, 5) is 8.72. The summed E-state index contributed by atoms with van der Waals surface area (Å²) in [7, 11) is 1.70. The normalized spacial score (nSPS) is 12.1. The second-order valence-corrected chi connectivity index (χ2v) is 7.15. The number of benzene rings is 2. The number of nitrogens with zero attached hydrogens (tertiary/aromatic N) is 2. The number of aromatic nitrogens is 1. The molecule has 6 heteroatoms. The molecule has 0 spiro atoms. The highest BCUT2D eigenvalue weighted by Gasteiger charge is 2.24. The van der Waals surface area contributed by atoms with Crippen LogP contribution in [0.3, 0.4) is 0 Å². The number of rotatable bonds is 6. The highest BCUT2D eigenvalue weighted by atomic mass is 19.1. The SMILES string of the molecule is CN=C(NCc1coc(-c2ccccc2)n1)NCC(C)(C)c1ccccc1F. The van der Waals surface area contributed by atoms with Crippen LogP contribution in [0.25, 0.3) is 11.5 Å². The van der Waals surface area contributed by atoms with Crippen molar-refractivity contribution in [3.63, 3.8) is 0 Å². The minimum absolute atomic E-state index is 0.201. The van der Waals surface area contributed by atoms with Crippen molar-refractivity contribution in [2.24, 2.45) is 4.99 Å². The predicted molar refractivity (Wildman–Crippen MR) is 110 cm³/mol. The monoisotopic (exact) mass is 380 g/mol. The van der Waals surface area contributed by atoms with Crippen LogP contribution >= 0.6 is 0 Å². The standard InChI is InChI=1S/C22H25FN4O/c1-22(2,18-11-7-8-12-19(18)23)15-26-21(24-3)25-13-17-14-28-20(27-17)16-9-5-4-6-10-16/h4-12,14H,13,15H2,1-3H3,(H2,24,25,26). The molecular weight excluding hydrogens is 355 g/mol. The second kappa shape index (κ2) is 8.69. The van der Waals surface area contributed by atoms with E-state index in [9.17, 15) is 4.39 Å². The zero-order chi connectivity index (χ0) is 20.0. The number of oxazole rings is 1. The molecule has 0 aliphatic rings. The molecule has 3 rings (SSSR count). The lowest BCUT2D eigenvalue weighted by molar-refractivity contribution is 0.473. The van der Waals surface area contributed by atoms with E-state index in [2.05, 4.69) is 20.6 Å². The van der Waals surface area contributed by atoms with Crippen LogP contribution in [0.4, 0.5) is 4.39 Å². The van der Waals surface area contributed by atoms with E-state index in [4.69, 9.17) is 4.42 Å². The Morgan fingerprint density at radius 2 is 1.79 bits per heavy atom. The summed E-state index contributed by atoms with van der Waals surface area (Å²) in [5.74, 6) is 1.00. The molecule has 3 aromatic rings. The van der Waals surface area contributed by atoms with Gasteiger partial charge in [0.25, 0.3) is 0 Å². The molecule has 0 aliphatic carbocycles. The third-order valence-electron chi connectivity index (χ3n) is 4.53. The van der Waals surface area contributed by atoms with Crippen LogP contribution in [-0.2, 0) is 12.0 Å². The average molecular weight is 380 g/mol. The summed E-state index contributed by atoms with van der Waals surface area (Å²) in [6.07, 6.45) is 1.63. The molecule has 1 heterocycles. The third-order valence-corrected chi connectivity index (χ3v) is 4.53. The molecule has 0 amide bonds. The number of halogens is 1. The van der Waals surface area contributed by atoms with Crippen molar-refractivity contribution in [1.29, 1.82) is 0 Å². The predicted octanol–water partition coefficient (Wildman–Crippen LogP) is 4.12. The van der Waals surface area contributed by atoms with Gasteiger partial charge in [-0.2, -0.15) is 0 Å². The van der Waals surface area contributed by atoms with Crippen LogP contribution < -0.4 is 10.6 Å². The maximum atomic E-state index is 14.1. The van der Waals surface area contributed by atoms with Crippen LogP contribution in [0.1, 0.15) is 25.1 Å². The lowest BCUT2D eigenvalue weighted by atomic mass is 9.84. The smallest absolute Gasteiger partial charge is 0.226 e. The van der Waals surface area contributed by atoms with Crippen LogP contribution in [0.5, 0.6) is 0 Å². The van der Waals surface area contributed by atoms with E-state index in [0.717, 1.165) is 11.3 Å². The van der Waals surface area contributed by atoms with Gasteiger partial charge in [0, 0.05) is 24.6 Å². The van der Waals surface area contributed by atoms with Crippen molar-refractivity contribution in [2.75, 3.05) is 13.6 Å². The zero-order valence-electron chi connectivity index (χ0n) is 16.4. The molecule has 146 valence electrons. The molecule has 0 fully saturated rings. The summed E-state index contributed by atoms with van der Waals surface area (Å²) < 4.78 is 19.7. The molecule has 2 N–H and O–H groups in total. The first-order valence-electron chi connectivity index (χ1n) is 9.19. The molecule has 0 atom stereocenters. The summed E-state index contributed by atoms with van der Waals surface area (Å²) in [6, 6.07) is 16.6. The van der Waals surface area contributed by atoms with E-state index in [1.807, 2.05) is 56.3 Å². The Morgan fingerprint density at radius 1 is 1.07 bits per heavy atom. The minimum Gasteiger partial charge on any atom is -0.444 e. The van der Waals surface area contributed by atoms with Gasteiger partial charge in [-0.3, -0.25) is 4.99 Å². The fraction of sp³-hybridized carbons (Fsp3) is 0.273. The van der Waals surface area contributed by atoms with Crippen molar-refractivity contribution in [3.05, 3.63) is 77.9 Å². The van der Waals surface area contributed by atoms with Crippen LogP contribution in [-0.4, -0.2) is 24.5 Å². The molecule has 0 unspecified atom stereocenters. The van der Waals surface area contributed by atoms with Gasteiger partial charge >= 0.3 is 0 Å². The van der Waals surface area contributed by atoms with Crippen molar-refractivity contribution in [1.82, 2.24) is 15.6 Å². The fourth-order valence-corrected chi connectivity index (χ4v) is 2.91. The third kappa shape index (κ3) is 4.76. The van der Waals surface area contributed by atoms with Crippen molar-refractivity contribution in [2.45, 2.75) is 25.8 Å². The van der Waals surface area contributed by atoms with Gasteiger partial charge in [-0.1, -0.05) is 50.2 Å². The lowest BCUT2D eigenvalue weighted by Crippen LogP contribution is -2.43. The Kier molecular flexibility index (Phi) is 6.09. The first-order chi connectivity index (χ1) is 13.5. The van der Waals surface area contributed by atoms with Gasteiger partial charge in [0.15, 0.2) is 5.96 Å². The number of hydrogen-bond acceptors (Lipinski definition) is 3. The van der Waals surface area contributed by atoms with Crippen molar-refractivity contribution >= 4 is 5.96 Å². The minimum atomic E-state index is -0.392. The number of hydrogen-bond donors (Lipinski definition) is 2. The molecule has 28 heavy (non-hydrogen) atoms. The van der Waals surface area contributed by atoms with Gasteiger partial charge in [0.1, 0.15) is 12.1 Å². The van der Waals surface area contributed by atoms with E-state index < -0.39 is 5.41 Å². The van der Waals surface area contributed by atoms with E-state index in [0.29, 0.717) is 30.5 Å². The molecule has 0 aliphatic heterocycles. The molecular formula is C22H25FN4O. The topological polar surface area (TPSA) is 62.5 Å². The van der Waals surface area contributed by atoms with Crippen LogP contribution in [0.2, 0.25) is 0 Å². The molecule has 1 aromatic heterocycles. The first-order valence-corrected chi connectivity index (χ1v) is 9.19. The highest BCUT2D eigenvalue weighted by Crippen LogP contribution is 2.24.